The van der Waals surface area contributed by atoms with E-state index < -0.39 is 0 Å². The van der Waals surface area contributed by atoms with Gasteiger partial charge in [0.2, 0.25) is 12.7 Å². The Morgan fingerprint density at radius 2 is 2.07 bits per heavy atom. The minimum Gasteiger partial charge on any atom is -0.454 e. The Kier molecular flexibility index (Phi) is 5.75. The van der Waals surface area contributed by atoms with Crippen molar-refractivity contribution in [2.75, 3.05) is 6.79 Å². The highest BCUT2D eigenvalue weighted by Gasteiger charge is 2.17. The Balaban J connectivity index is 1.66. The van der Waals surface area contributed by atoms with Crippen molar-refractivity contribution in [3.8, 4) is 11.5 Å². The number of hydrogen-bond donors (Lipinski definition) is 1. The van der Waals surface area contributed by atoms with Gasteiger partial charge in [-0.3, -0.25) is 9.48 Å². The fraction of sp³-hybridized carbons (Fsp3) is 0.400. The highest BCUT2D eigenvalue weighted by molar-refractivity contribution is 6.31. The molecular weight excluding hydrogens is 366 g/mol. The summed E-state index contributed by atoms with van der Waals surface area (Å²) >= 11 is 6.40. The lowest BCUT2D eigenvalue weighted by molar-refractivity contribution is -0.117. The molecule has 27 heavy (non-hydrogen) atoms. The third-order valence-corrected chi connectivity index (χ3v) is 4.70. The van der Waals surface area contributed by atoms with Crippen LogP contribution in [-0.2, 0) is 11.3 Å². The lowest BCUT2D eigenvalue weighted by Crippen LogP contribution is -2.24. The predicted octanol–water partition coefficient (Wildman–Crippen LogP) is 4.12. The van der Waals surface area contributed by atoms with Gasteiger partial charge in [-0.25, -0.2) is 0 Å². The lowest BCUT2D eigenvalue weighted by Gasteiger charge is -2.13. The fourth-order valence-electron chi connectivity index (χ4n) is 2.91. The van der Waals surface area contributed by atoms with Crippen LogP contribution in [0.4, 0.5) is 0 Å². The Morgan fingerprint density at radius 1 is 1.33 bits per heavy atom. The zero-order valence-electron chi connectivity index (χ0n) is 16.0. The number of benzene rings is 1. The molecule has 0 radical (unpaired) electrons. The molecular formula is C20H24ClN3O3. The van der Waals surface area contributed by atoms with Gasteiger partial charge >= 0.3 is 0 Å². The first-order valence-corrected chi connectivity index (χ1v) is 9.34. The molecule has 2 heterocycles. The molecule has 0 saturated heterocycles. The van der Waals surface area contributed by atoms with Crippen molar-refractivity contribution in [1.82, 2.24) is 15.1 Å². The van der Waals surface area contributed by atoms with E-state index in [4.69, 9.17) is 21.1 Å². The SMILES string of the molecule is Cc1nn(CC(C)C)c(Cl)c1/C=C/C(=O)NC(C)c1ccc2c(c1)OCO2. The largest absolute Gasteiger partial charge is 0.454 e. The number of aromatic nitrogens is 2. The molecule has 0 fully saturated rings. The Labute approximate surface area is 164 Å². The molecule has 3 rings (SSSR count). The normalized spacial score (nSPS) is 14.1. The van der Waals surface area contributed by atoms with Gasteiger partial charge in [-0.15, -0.1) is 0 Å². The van der Waals surface area contributed by atoms with Crippen LogP contribution >= 0.6 is 11.6 Å². The predicted molar refractivity (Wildman–Crippen MR) is 105 cm³/mol. The molecule has 1 unspecified atom stereocenters. The van der Waals surface area contributed by atoms with E-state index in [0.29, 0.717) is 16.8 Å². The van der Waals surface area contributed by atoms with E-state index in [2.05, 4.69) is 24.3 Å². The molecule has 1 aliphatic heterocycles. The van der Waals surface area contributed by atoms with Crippen LogP contribution in [0.2, 0.25) is 5.15 Å². The summed E-state index contributed by atoms with van der Waals surface area (Å²) in [6.45, 7) is 8.98. The summed E-state index contributed by atoms with van der Waals surface area (Å²) in [4.78, 5) is 12.3. The van der Waals surface area contributed by atoms with Crippen LogP contribution in [0.5, 0.6) is 11.5 Å². The molecule has 7 heteroatoms. The second-order valence-corrected chi connectivity index (χ2v) is 7.40. The van der Waals surface area contributed by atoms with Gasteiger partial charge in [0.05, 0.1) is 11.7 Å². The summed E-state index contributed by atoms with van der Waals surface area (Å²) in [6.07, 6.45) is 3.20. The quantitative estimate of drug-likeness (QED) is 0.755. The Morgan fingerprint density at radius 3 is 2.81 bits per heavy atom. The molecule has 1 atom stereocenters. The zero-order chi connectivity index (χ0) is 19.6. The van der Waals surface area contributed by atoms with Gasteiger partial charge in [-0.05, 0) is 43.5 Å². The molecule has 0 spiro atoms. The van der Waals surface area contributed by atoms with Gasteiger partial charge < -0.3 is 14.8 Å². The van der Waals surface area contributed by atoms with Gasteiger partial charge in [0.25, 0.3) is 0 Å². The summed E-state index contributed by atoms with van der Waals surface area (Å²) in [7, 11) is 0. The molecule has 1 aromatic carbocycles. The van der Waals surface area contributed by atoms with Crippen LogP contribution < -0.4 is 14.8 Å². The average Bonchev–Trinajstić information content (AvgIpc) is 3.17. The molecule has 1 aliphatic rings. The molecule has 0 bridgehead atoms. The smallest absolute Gasteiger partial charge is 0.244 e. The van der Waals surface area contributed by atoms with E-state index in [1.807, 2.05) is 32.0 Å². The van der Waals surface area contributed by atoms with E-state index in [1.165, 1.54) is 6.08 Å². The second kappa shape index (κ2) is 8.05. The van der Waals surface area contributed by atoms with Crippen molar-refractivity contribution in [2.24, 2.45) is 5.92 Å². The van der Waals surface area contributed by atoms with Gasteiger partial charge in [-0.2, -0.15) is 5.10 Å². The molecule has 1 aromatic heterocycles. The maximum Gasteiger partial charge on any atom is 0.244 e. The zero-order valence-corrected chi connectivity index (χ0v) is 16.7. The number of nitrogens with one attached hydrogen (secondary N) is 1. The molecule has 6 nitrogen and oxygen atoms in total. The van der Waals surface area contributed by atoms with Crippen molar-refractivity contribution in [3.63, 3.8) is 0 Å². The molecule has 2 aromatic rings. The average molecular weight is 390 g/mol. The fourth-order valence-corrected chi connectivity index (χ4v) is 3.22. The van der Waals surface area contributed by atoms with Gasteiger partial charge in [0.1, 0.15) is 5.15 Å². The van der Waals surface area contributed by atoms with Crippen molar-refractivity contribution in [1.29, 1.82) is 0 Å². The van der Waals surface area contributed by atoms with E-state index in [-0.39, 0.29) is 18.7 Å². The van der Waals surface area contributed by atoms with Crippen LogP contribution in [0.3, 0.4) is 0 Å². The highest BCUT2D eigenvalue weighted by Crippen LogP contribution is 2.34. The first-order chi connectivity index (χ1) is 12.8. The second-order valence-electron chi connectivity index (χ2n) is 7.04. The van der Waals surface area contributed by atoms with Crippen molar-refractivity contribution < 1.29 is 14.3 Å². The topological polar surface area (TPSA) is 65.4 Å². The van der Waals surface area contributed by atoms with Crippen LogP contribution in [0.15, 0.2) is 24.3 Å². The first kappa shape index (κ1) is 19.3. The summed E-state index contributed by atoms with van der Waals surface area (Å²) in [5.74, 6) is 1.65. The first-order valence-electron chi connectivity index (χ1n) is 8.96. The molecule has 0 saturated carbocycles. The van der Waals surface area contributed by atoms with Crippen LogP contribution in [0.25, 0.3) is 6.08 Å². The summed E-state index contributed by atoms with van der Waals surface area (Å²) in [6, 6.07) is 5.48. The number of carbonyl (C=O) groups is 1. The number of halogens is 1. The number of aryl methyl sites for hydroxylation is 1. The monoisotopic (exact) mass is 389 g/mol. The van der Waals surface area contributed by atoms with Gasteiger partial charge in [-0.1, -0.05) is 31.5 Å². The number of nitrogens with zero attached hydrogens (tertiary/aromatic N) is 2. The van der Waals surface area contributed by atoms with Gasteiger partial charge in [0.15, 0.2) is 11.5 Å². The number of carbonyl (C=O) groups excluding carboxylic acids is 1. The Bertz CT molecular complexity index is 874. The van der Waals surface area contributed by atoms with Crippen molar-refractivity contribution in [2.45, 2.75) is 40.3 Å². The number of hydrogen-bond acceptors (Lipinski definition) is 4. The molecule has 144 valence electrons. The van der Waals surface area contributed by atoms with Crippen LogP contribution in [-0.4, -0.2) is 22.5 Å². The third-order valence-electron chi connectivity index (χ3n) is 4.30. The molecule has 0 aliphatic carbocycles. The van der Waals surface area contributed by atoms with E-state index in [9.17, 15) is 4.79 Å². The van der Waals surface area contributed by atoms with E-state index in [1.54, 1.807) is 10.8 Å². The minimum absolute atomic E-state index is 0.170. The summed E-state index contributed by atoms with van der Waals surface area (Å²) in [5.41, 5.74) is 2.51. The number of amides is 1. The molecule has 1 amide bonds. The Hall–Kier alpha value is -2.47. The van der Waals surface area contributed by atoms with Crippen LogP contribution in [0, 0.1) is 12.8 Å². The van der Waals surface area contributed by atoms with Crippen LogP contribution in [0.1, 0.15) is 43.6 Å². The summed E-state index contributed by atoms with van der Waals surface area (Å²) in [5, 5.41) is 7.94. The third kappa shape index (κ3) is 4.45. The van der Waals surface area contributed by atoms with E-state index in [0.717, 1.165) is 29.1 Å². The van der Waals surface area contributed by atoms with Gasteiger partial charge in [0, 0.05) is 18.2 Å². The van der Waals surface area contributed by atoms with Crippen molar-refractivity contribution in [3.05, 3.63) is 46.2 Å². The minimum atomic E-state index is -0.202. The lowest BCUT2D eigenvalue weighted by atomic mass is 10.1. The van der Waals surface area contributed by atoms with Crippen molar-refractivity contribution >= 4 is 23.6 Å². The maximum absolute atomic E-state index is 12.3. The molecule has 1 N–H and O–H groups in total. The summed E-state index contributed by atoms with van der Waals surface area (Å²) < 4.78 is 12.5. The highest BCUT2D eigenvalue weighted by atomic mass is 35.5. The number of ether oxygens (including phenoxy) is 2. The number of rotatable bonds is 6. The maximum atomic E-state index is 12.3. The standard InChI is InChI=1S/C20H24ClN3O3/c1-12(2)10-24-20(21)16(14(4)23-24)6-8-19(25)22-13(3)15-5-7-17-18(9-15)27-11-26-17/h5-9,12-13H,10-11H2,1-4H3,(H,22,25)/b8-6+. The van der Waals surface area contributed by atoms with E-state index >= 15 is 0 Å². The number of fused-ring (bicyclic) bond motifs is 1.